The number of carboxylic acid groups (broad SMARTS) is 1. The molecule has 0 radical (unpaired) electrons. The normalized spacial score (nSPS) is 11.0. The molecule has 0 atom stereocenters. The highest BCUT2D eigenvalue weighted by atomic mass is 16.4. The molecule has 0 amide bonds. The lowest BCUT2D eigenvalue weighted by Gasteiger charge is -2.08. The first kappa shape index (κ1) is 14.3. The fourth-order valence-electron chi connectivity index (χ4n) is 2.17. The van der Waals surface area contributed by atoms with Crippen molar-refractivity contribution >= 4 is 5.97 Å². The quantitative estimate of drug-likeness (QED) is 0.908. The molecular formula is C16H20N2O2. The largest absolute Gasteiger partial charge is 0.481 e. The van der Waals surface area contributed by atoms with Gasteiger partial charge >= 0.3 is 5.97 Å². The van der Waals surface area contributed by atoms with Crippen molar-refractivity contribution in [3.63, 3.8) is 0 Å². The van der Waals surface area contributed by atoms with Crippen LogP contribution in [0.25, 0.3) is 5.69 Å². The Morgan fingerprint density at radius 1 is 1.30 bits per heavy atom. The fourth-order valence-corrected chi connectivity index (χ4v) is 2.17. The third-order valence-corrected chi connectivity index (χ3v) is 3.37. The van der Waals surface area contributed by atoms with Gasteiger partial charge in [-0.15, -0.1) is 0 Å². The molecule has 0 saturated carbocycles. The van der Waals surface area contributed by atoms with Crippen LogP contribution in [0.2, 0.25) is 0 Å². The van der Waals surface area contributed by atoms with Gasteiger partial charge < -0.3 is 9.67 Å². The van der Waals surface area contributed by atoms with E-state index in [1.165, 1.54) is 5.56 Å². The van der Waals surface area contributed by atoms with Gasteiger partial charge in [0.15, 0.2) is 0 Å². The summed E-state index contributed by atoms with van der Waals surface area (Å²) in [5.41, 5.74) is 3.18. The van der Waals surface area contributed by atoms with E-state index in [0.717, 1.165) is 17.2 Å². The van der Waals surface area contributed by atoms with Crippen molar-refractivity contribution < 1.29 is 9.90 Å². The van der Waals surface area contributed by atoms with Crippen molar-refractivity contribution in [2.45, 2.75) is 39.5 Å². The Morgan fingerprint density at radius 3 is 2.50 bits per heavy atom. The zero-order chi connectivity index (χ0) is 14.7. The number of aliphatic carboxylic acids is 1. The van der Waals surface area contributed by atoms with Crippen molar-refractivity contribution in [1.82, 2.24) is 9.55 Å². The van der Waals surface area contributed by atoms with E-state index in [4.69, 9.17) is 5.11 Å². The summed E-state index contributed by atoms with van der Waals surface area (Å²) in [6.07, 6.45) is 2.50. The zero-order valence-corrected chi connectivity index (χ0v) is 12.1. The highest BCUT2D eigenvalue weighted by molar-refractivity contribution is 5.66. The molecule has 0 unspecified atom stereocenters. The third-order valence-electron chi connectivity index (χ3n) is 3.37. The van der Waals surface area contributed by atoms with E-state index >= 15 is 0 Å². The van der Waals surface area contributed by atoms with E-state index in [1.54, 1.807) is 0 Å². The highest BCUT2D eigenvalue weighted by Crippen LogP contribution is 2.18. The number of carboxylic acids is 1. The predicted molar refractivity (Wildman–Crippen MR) is 78.3 cm³/mol. The molecule has 0 bridgehead atoms. The summed E-state index contributed by atoms with van der Waals surface area (Å²) in [7, 11) is 0. The minimum absolute atomic E-state index is 0.114. The molecule has 0 aliphatic rings. The zero-order valence-electron chi connectivity index (χ0n) is 12.1. The lowest BCUT2D eigenvalue weighted by atomic mass is 10.0. The molecule has 2 rings (SSSR count). The number of imidazole rings is 1. The third kappa shape index (κ3) is 3.26. The van der Waals surface area contributed by atoms with Crippen LogP contribution in [0.15, 0.2) is 30.5 Å². The van der Waals surface area contributed by atoms with Gasteiger partial charge in [0.1, 0.15) is 5.82 Å². The van der Waals surface area contributed by atoms with E-state index in [9.17, 15) is 4.79 Å². The Balaban J connectivity index is 2.21. The van der Waals surface area contributed by atoms with E-state index < -0.39 is 5.97 Å². The number of aromatic nitrogens is 2. The number of aryl methyl sites for hydroxylation is 2. The van der Waals surface area contributed by atoms with Gasteiger partial charge in [0, 0.05) is 18.3 Å². The molecule has 1 aromatic heterocycles. The second-order valence-electron chi connectivity index (χ2n) is 5.29. The van der Waals surface area contributed by atoms with Crippen LogP contribution >= 0.6 is 0 Å². The molecule has 0 aliphatic carbocycles. The van der Waals surface area contributed by atoms with Crippen LogP contribution in [0.1, 0.15) is 43.3 Å². The van der Waals surface area contributed by atoms with Gasteiger partial charge in [-0.1, -0.05) is 26.0 Å². The Bertz CT molecular complexity index is 597. The van der Waals surface area contributed by atoms with Crippen LogP contribution in [-0.4, -0.2) is 20.6 Å². The minimum Gasteiger partial charge on any atom is -0.481 e. The highest BCUT2D eigenvalue weighted by Gasteiger charge is 2.08. The van der Waals surface area contributed by atoms with Crippen molar-refractivity contribution in [3.8, 4) is 5.69 Å². The molecule has 2 aromatic rings. The van der Waals surface area contributed by atoms with E-state index in [0.29, 0.717) is 12.3 Å². The smallest absolute Gasteiger partial charge is 0.303 e. The van der Waals surface area contributed by atoms with Gasteiger partial charge in [0.25, 0.3) is 0 Å². The monoisotopic (exact) mass is 272 g/mol. The summed E-state index contributed by atoms with van der Waals surface area (Å²) in [4.78, 5) is 15.0. The van der Waals surface area contributed by atoms with E-state index in [1.807, 2.05) is 17.7 Å². The van der Waals surface area contributed by atoms with Crippen LogP contribution in [0, 0.1) is 6.92 Å². The second-order valence-corrected chi connectivity index (χ2v) is 5.29. The maximum Gasteiger partial charge on any atom is 0.303 e. The number of rotatable bonds is 5. The molecule has 0 aliphatic heterocycles. The predicted octanol–water partition coefficient (Wildman–Crippen LogP) is 3.32. The molecule has 20 heavy (non-hydrogen) atoms. The van der Waals surface area contributed by atoms with Crippen molar-refractivity contribution in [3.05, 3.63) is 47.5 Å². The molecule has 1 aromatic carbocycles. The van der Waals surface area contributed by atoms with Crippen LogP contribution in [0.5, 0.6) is 0 Å². The van der Waals surface area contributed by atoms with Gasteiger partial charge in [-0.3, -0.25) is 4.79 Å². The van der Waals surface area contributed by atoms with Crippen LogP contribution < -0.4 is 0 Å². The maximum absolute atomic E-state index is 10.6. The first-order chi connectivity index (χ1) is 9.47. The number of hydrogen-bond donors (Lipinski definition) is 1. The molecule has 4 heteroatoms. The van der Waals surface area contributed by atoms with Gasteiger partial charge in [-0.25, -0.2) is 4.98 Å². The molecule has 0 spiro atoms. The van der Waals surface area contributed by atoms with Crippen molar-refractivity contribution in [2.24, 2.45) is 0 Å². The molecule has 106 valence electrons. The van der Waals surface area contributed by atoms with Crippen LogP contribution in [0.4, 0.5) is 0 Å². The Hall–Kier alpha value is -2.10. The molecule has 1 N–H and O–H groups in total. The lowest BCUT2D eigenvalue weighted by Crippen LogP contribution is -1.97. The van der Waals surface area contributed by atoms with E-state index in [-0.39, 0.29) is 6.42 Å². The first-order valence-electron chi connectivity index (χ1n) is 6.84. The number of hydrogen-bond acceptors (Lipinski definition) is 2. The van der Waals surface area contributed by atoms with Crippen molar-refractivity contribution in [1.29, 1.82) is 0 Å². The molecule has 4 nitrogen and oxygen atoms in total. The molecule has 0 saturated heterocycles. The average molecular weight is 272 g/mol. The Morgan fingerprint density at radius 2 is 1.95 bits per heavy atom. The Labute approximate surface area is 119 Å². The molecule has 0 fully saturated rings. The second kappa shape index (κ2) is 5.90. The molecule has 1 heterocycles. The topological polar surface area (TPSA) is 55.1 Å². The van der Waals surface area contributed by atoms with Gasteiger partial charge in [0.05, 0.1) is 12.1 Å². The van der Waals surface area contributed by atoms with Gasteiger partial charge in [-0.05, 0) is 30.5 Å². The van der Waals surface area contributed by atoms with Gasteiger partial charge in [0.2, 0.25) is 0 Å². The number of carbonyl (C=O) groups is 1. The average Bonchev–Trinajstić information content (AvgIpc) is 2.78. The summed E-state index contributed by atoms with van der Waals surface area (Å²) < 4.78 is 2.00. The van der Waals surface area contributed by atoms with Crippen LogP contribution in [-0.2, 0) is 11.2 Å². The van der Waals surface area contributed by atoms with E-state index in [2.05, 4.69) is 43.1 Å². The number of benzene rings is 1. The first-order valence-corrected chi connectivity index (χ1v) is 6.84. The van der Waals surface area contributed by atoms with Crippen LogP contribution in [0.3, 0.4) is 0 Å². The SMILES string of the molecule is Cc1nc(CCC(=O)O)cn1-c1ccc(C(C)C)cc1. The summed E-state index contributed by atoms with van der Waals surface area (Å²) in [5.74, 6) is 0.597. The summed E-state index contributed by atoms with van der Waals surface area (Å²) >= 11 is 0. The van der Waals surface area contributed by atoms with Crippen molar-refractivity contribution in [2.75, 3.05) is 0 Å². The summed E-state index contributed by atoms with van der Waals surface area (Å²) in [5, 5.41) is 8.72. The summed E-state index contributed by atoms with van der Waals surface area (Å²) in [6, 6.07) is 8.39. The number of nitrogens with zero attached hydrogens (tertiary/aromatic N) is 2. The van der Waals surface area contributed by atoms with Gasteiger partial charge in [-0.2, -0.15) is 0 Å². The Kier molecular flexibility index (Phi) is 4.23. The maximum atomic E-state index is 10.6. The fraction of sp³-hybridized carbons (Fsp3) is 0.375. The standard InChI is InChI=1S/C16H20N2O2/c1-11(2)13-4-7-15(8-5-13)18-10-14(17-12(18)3)6-9-16(19)20/h4-5,7-8,10-11H,6,9H2,1-3H3,(H,19,20). The molecular weight excluding hydrogens is 252 g/mol. The summed E-state index contributed by atoms with van der Waals surface area (Å²) in [6.45, 7) is 6.27. The minimum atomic E-state index is -0.793. The lowest BCUT2D eigenvalue weighted by molar-refractivity contribution is -0.136.